The van der Waals surface area contributed by atoms with Crippen LogP contribution in [0.15, 0.2) is 23.3 Å². The van der Waals surface area contributed by atoms with Crippen molar-refractivity contribution < 1.29 is 4.74 Å². The Morgan fingerprint density at radius 1 is 1.30 bits per heavy atom. The second-order valence-electron chi connectivity index (χ2n) is 4.40. The molecule has 2 rings (SSSR count). The number of benzene rings is 1. The molecule has 1 aliphatic rings. The predicted octanol–water partition coefficient (Wildman–Crippen LogP) is 1.65. The van der Waals surface area contributed by atoms with Crippen LogP contribution in [0.25, 0.3) is 0 Å². The van der Waals surface area contributed by atoms with Crippen LogP contribution in [0.1, 0.15) is 5.56 Å². The lowest BCUT2D eigenvalue weighted by Gasteiger charge is -2.30. The number of rotatable bonds is 3. The summed E-state index contributed by atoms with van der Waals surface area (Å²) in [6.45, 7) is 5.29. The molecule has 1 aromatic rings. The average Bonchev–Trinajstić information content (AvgIpc) is 2.49. The Hall–Kier alpha value is -2.57. The van der Waals surface area contributed by atoms with E-state index in [1.807, 2.05) is 25.1 Å². The number of hydrogen-bond donors (Lipinski definition) is 1. The van der Waals surface area contributed by atoms with Gasteiger partial charge < -0.3 is 9.64 Å². The summed E-state index contributed by atoms with van der Waals surface area (Å²) in [5, 5.41) is 20.9. The summed E-state index contributed by atoms with van der Waals surface area (Å²) in [4.78, 5) is 2.28. The third kappa shape index (κ3) is 3.25. The van der Waals surface area contributed by atoms with Gasteiger partial charge in [0.25, 0.3) is 0 Å². The molecule has 0 radical (unpaired) electrons. The van der Waals surface area contributed by atoms with Crippen molar-refractivity contribution in [3.63, 3.8) is 0 Å². The maximum atomic E-state index is 8.61. The summed E-state index contributed by atoms with van der Waals surface area (Å²) >= 11 is 0. The second-order valence-corrected chi connectivity index (χ2v) is 4.40. The number of hydrogen-bond acceptors (Lipinski definition) is 6. The fourth-order valence-electron chi connectivity index (χ4n) is 2.08. The molecule has 0 amide bonds. The van der Waals surface area contributed by atoms with Gasteiger partial charge in [0.15, 0.2) is 0 Å². The van der Waals surface area contributed by atoms with Gasteiger partial charge in [-0.2, -0.15) is 15.6 Å². The maximum Gasteiger partial charge on any atom is 0.237 e. The SMILES string of the molecule is Cc1cc(NN=C(C#N)C#N)ccc1N1CCOCC1. The fraction of sp³-hybridized carbons (Fsp3) is 0.357. The number of nitrogens with one attached hydrogen (secondary N) is 1. The van der Waals surface area contributed by atoms with E-state index in [4.69, 9.17) is 15.3 Å². The molecule has 0 bridgehead atoms. The maximum absolute atomic E-state index is 8.61. The minimum Gasteiger partial charge on any atom is -0.378 e. The zero-order valence-corrected chi connectivity index (χ0v) is 11.3. The quantitative estimate of drug-likeness (QED) is 0.666. The molecule has 6 nitrogen and oxygen atoms in total. The Morgan fingerprint density at radius 2 is 2.00 bits per heavy atom. The molecule has 1 aliphatic heterocycles. The first-order valence-electron chi connectivity index (χ1n) is 6.32. The van der Waals surface area contributed by atoms with Crippen LogP contribution in [0.5, 0.6) is 0 Å². The van der Waals surface area contributed by atoms with Crippen LogP contribution in [0.3, 0.4) is 0 Å². The standard InChI is InChI=1S/C14H15N5O/c1-11-8-12(17-18-13(9-15)10-16)2-3-14(11)19-4-6-20-7-5-19/h2-3,8,17H,4-7H2,1H3. The molecular formula is C14H15N5O. The number of anilines is 2. The fourth-order valence-corrected chi connectivity index (χ4v) is 2.08. The molecule has 0 aromatic heterocycles. The number of nitriles is 2. The van der Waals surface area contributed by atoms with E-state index in [1.54, 1.807) is 12.1 Å². The van der Waals surface area contributed by atoms with E-state index in [1.165, 1.54) is 5.69 Å². The van der Waals surface area contributed by atoms with Crippen molar-refractivity contribution in [2.24, 2.45) is 5.10 Å². The molecule has 0 unspecified atom stereocenters. The summed E-state index contributed by atoms with van der Waals surface area (Å²) < 4.78 is 5.34. The summed E-state index contributed by atoms with van der Waals surface area (Å²) in [6.07, 6.45) is 0. The van der Waals surface area contributed by atoms with Crippen molar-refractivity contribution in [3.8, 4) is 12.1 Å². The van der Waals surface area contributed by atoms with Crippen LogP contribution in [0.4, 0.5) is 11.4 Å². The first-order valence-corrected chi connectivity index (χ1v) is 6.32. The topological polar surface area (TPSA) is 84.4 Å². The van der Waals surface area contributed by atoms with Gasteiger partial charge in [0.1, 0.15) is 12.1 Å². The lowest BCUT2D eigenvalue weighted by atomic mass is 10.1. The molecule has 20 heavy (non-hydrogen) atoms. The molecule has 1 fully saturated rings. The molecular weight excluding hydrogens is 254 g/mol. The number of morpholine rings is 1. The van der Waals surface area contributed by atoms with E-state index < -0.39 is 0 Å². The molecule has 1 N–H and O–H groups in total. The van der Waals surface area contributed by atoms with E-state index in [2.05, 4.69) is 15.4 Å². The number of aryl methyl sites for hydroxylation is 1. The molecule has 0 saturated carbocycles. The van der Waals surface area contributed by atoms with Gasteiger partial charge in [-0.15, -0.1) is 0 Å². The number of hydrazone groups is 1. The highest BCUT2D eigenvalue weighted by Gasteiger charge is 2.13. The Bertz CT molecular complexity index is 575. The van der Waals surface area contributed by atoms with E-state index in [0.29, 0.717) is 0 Å². The minimum atomic E-state index is -0.195. The minimum absolute atomic E-state index is 0.195. The molecule has 1 aromatic carbocycles. The van der Waals surface area contributed by atoms with Gasteiger partial charge in [0.05, 0.1) is 18.9 Å². The van der Waals surface area contributed by atoms with Crippen LogP contribution >= 0.6 is 0 Å². The third-order valence-electron chi connectivity index (χ3n) is 3.06. The first-order chi connectivity index (χ1) is 9.74. The lowest BCUT2D eigenvalue weighted by molar-refractivity contribution is 0.122. The van der Waals surface area contributed by atoms with Crippen LogP contribution < -0.4 is 10.3 Å². The number of nitrogens with zero attached hydrogens (tertiary/aromatic N) is 4. The second kappa shape index (κ2) is 6.55. The molecule has 1 heterocycles. The van der Waals surface area contributed by atoms with Gasteiger partial charge in [-0.05, 0) is 30.7 Å². The molecule has 102 valence electrons. The smallest absolute Gasteiger partial charge is 0.237 e. The number of ether oxygens (including phenoxy) is 1. The van der Waals surface area contributed by atoms with Crippen LogP contribution in [0, 0.1) is 29.6 Å². The van der Waals surface area contributed by atoms with Gasteiger partial charge in [-0.1, -0.05) is 0 Å². The normalized spacial score (nSPS) is 14.1. The van der Waals surface area contributed by atoms with Gasteiger partial charge in [-0.25, -0.2) is 0 Å². The van der Waals surface area contributed by atoms with E-state index in [9.17, 15) is 0 Å². The van der Waals surface area contributed by atoms with E-state index in [0.717, 1.165) is 37.6 Å². The van der Waals surface area contributed by atoms with Crippen molar-refractivity contribution in [1.82, 2.24) is 0 Å². The Labute approximate surface area is 117 Å². The van der Waals surface area contributed by atoms with Crippen molar-refractivity contribution in [2.75, 3.05) is 36.6 Å². The molecule has 1 saturated heterocycles. The summed E-state index contributed by atoms with van der Waals surface area (Å²) in [7, 11) is 0. The highest BCUT2D eigenvalue weighted by molar-refractivity contribution is 6.10. The van der Waals surface area contributed by atoms with Gasteiger partial charge in [0.2, 0.25) is 5.71 Å². The van der Waals surface area contributed by atoms with Gasteiger partial charge in [0, 0.05) is 18.8 Å². The molecule has 0 aliphatic carbocycles. The average molecular weight is 269 g/mol. The molecule has 0 spiro atoms. The zero-order valence-electron chi connectivity index (χ0n) is 11.3. The van der Waals surface area contributed by atoms with Crippen molar-refractivity contribution in [1.29, 1.82) is 10.5 Å². The van der Waals surface area contributed by atoms with Crippen molar-refractivity contribution in [2.45, 2.75) is 6.92 Å². The third-order valence-corrected chi connectivity index (χ3v) is 3.06. The monoisotopic (exact) mass is 269 g/mol. The molecule has 6 heteroatoms. The predicted molar refractivity (Wildman–Crippen MR) is 76.5 cm³/mol. The van der Waals surface area contributed by atoms with Crippen LogP contribution in [-0.4, -0.2) is 32.0 Å². The van der Waals surface area contributed by atoms with Gasteiger partial charge >= 0.3 is 0 Å². The van der Waals surface area contributed by atoms with Crippen molar-refractivity contribution >= 4 is 17.1 Å². The van der Waals surface area contributed by atoms with Crippen molar-refractivity contribution in [3.05, 3.63) is 23.8 Å². The summed E-state index contributed by atoms with van der Waals surface area (Å²) in [5.41, 5.74) is 5.56. The van der Waals surface area contributed by atoms with E-state index in [-0.39, 0.29) is 5.71 Å². The van der Waals surface area contributed by atoms with E-state index >= 15 is 0 Å². The highest BCUT2D eigenvalue weighted by Crippen LogP contribution is 2.24. The highest BCUT2D eigenvalue weighted by atomic mass is 16.5. The first kappa shape index (κ1) is 13.9. The Morgan fingerprint density at radius 3 is 2.60 bits per heavy atom. The van der Waals surface area contributed by atoms with Gasteiger partial charge in [-0.3, -0.25) is 5.43 Å². The summed E-state index contributed by atoms with van der Waals surface area (Å²) in [5.74, 6) is 0. The Balaban J connectivity index is 2.12. The Kier molecular flexibility index (Phi) is 4.54. The summed E-state index contributed by atoms with van der Waals surface area (Å²) in [6, 6.07) is 9.25. The van der Waals surface area contributed by atoms with Crippen LogP contribution in [-0.2, 0) is 4.74 Å². The molecule has 0 atom stereocenters. The van der Waals surface area contributed by atoms with Crippen LogP contribution in [0.2, 0.25) is 0 Å². The lowest BCUT2D eigenvalue weighted by Crippen LogP contribution is -2.36. The zero-order chi connectivity index (χ0) is 14.4. The largest absolute Gasteiger partial charge is 0.378 e.